The summed E-state index contributed by atoms with van der Waals surface area (Å²) in [6.07, 6.45) is -0.236. The molecule has 28 heavy (non-hydrogen) atoms. The molecule has 156 valence electrons. The van der Waals surface area contributed by atoms with Gasteiger partial charge in [0.2, 0.25) is 9.33 Å². The fourth-order valence-corrected chi connectivity index (χ4v) is 2.23. The van der Waals surface area contributed by atoms with Crippen LogP contribution in [-0.2, 0) is 25.7 Å². The Labute approximate surface area is 177 Å². The monoisotopic (exact) mass is 454 g/mol. The maximum Gasteiger partial charge on any atom is 0.407 e. The van der Waals surface area contributed by atoms with E-state index in [2.05, 4.69) is 10.1 Å². The highest BCUT2D eigenvalue weighted by Crippen LogP contribution is 2.27. The average Bonchev–Trinajstić information content (AvgIpc) is 2.64. The number of alkyl carbamates (subject to hydrolysis) is 1. The van der Waals surface area contributed by atoms with E-state index >= 15 is 0 Å². The number of nitrogens with two attached hydrogens (primary N) is 1. The summed E-state index contributed by atoms with van der Waals surface area (Å²) in [4.78, 5) is 34.9. The van der Waals surface area contributed by atoms with Crippen LogP contribution in [0.15, 0.2) is 30.3 Å². The lowest BCUT2D eigenvalue weighted by Gasteiger charge is -2.23. The Morgan fingerprint density at radius 3 is 2.29 bits per heavy atom. The topological polar surface area (TPSA) is 128 Å². The first-order valence-corrected chi connectivity index (χ1v) is 9.39. The smallest absolute Gasteiger partial charge is 0.407 e. The lowest BCUT2D eigenvalue weighted by molar-refractivity contribution is -0.161. The summed E-state index contributed by atoms with van der Waals surface area (Å²) in [6.45, 7) is -0.281. The van der Waals surface area contributed by atoms with Crippen LogP contribution in [0.2, 0.25) is 0 Å². The first-order valence-electron chi connectivity index (χ1n) is 8.25. The Morgan fingerprint density at radius 1 is 1.07 bits per heavy atom. The molecule has 1 rings (SSSR count). The predicted octanol–water partition coefficient (Wildman–Crippen LogP) is 2.78. The molecule has 1 amide bonds. The number of unbranched alkanes of at least 4 members (excludes halogenated alkanes) is 1. The van der Waals surface area contributed by atoms with Crippen LogP contribution in [0.3, 0.4) is 0 Å². The number of carboxylic acid groups (broad SMARTS) is 1. The molecule has 0 saturated carbocycles. The molecule has 0 heterocycles. The molecule has 4 N–H and O–H groups in total. The maximum atomic E-state index is 12.0. The Hall–Kier alpha value is -1.74. The number of carboxylic acids is 1. The van der Waals surface area contributed by atoms with E-state index in [-0.39, 0.29) is 26.0 Å². The van der Waals surface area contributed by atoms with Gasteiger partial charge < -0.3 is 25.6 Å². The third-order valence-corrected chi connectivity index (χ3v) is 3.92. The van der Waals surface area contributed by atoms with Gasteiger partial charge in [-0.2, -0.15) is 0 Å². The Bertz CT molecular complexity index is 669. The maximum absolute atomic E-state index is 12.0. The molecule has 0 bridgehead atoms. The van der Waals surface area contributed by atoms with Gasteiger partial charge in [0.1, 0.15) is 13.2 Å². The first kappa shape index (κ1) is 24.3. The Kier molecular flexibility index (Phi) is 9.81. The van der Waals surface area contributed by atoms with Crippen LogP contribution in [-0.4, -0.2) is 45.6 Å². The molecule has 0 saturated heterocycles. The molecule has 0 unspecified atom stereocenters. The van der Waals surface area contributed by atoms with Crippen molar-refractivity contribution in [2.45, 2.75) is 35.2 Å². The zero-order chi connectivity index (χ0) is 21.2. The van der Waals surface area contributed by atoms with Gasteiger partial charge in [0.25, 0.3) is 0 Å². The van der Waals surface area contributed by atoms with Crippen molar-refractivity contribution in [1.82, 2.24) is 5.32 Å². The number of carbonyl (C=O) groups excluding carboxylic acids is 2. The highest BCUT2D eigenvalue weighted by atomic mass is 35.6. The third-order valence-electron chi connectivity index (χ3n) is 3.59. The number of amides is 1. The summed E-state index contributed by atoms with van der Waals surface area (Å²) in [7, 11) is 0. The summed E-state index contributed by atoms with van der Waals surface area (Å²) in [5.74, 6) is -2.77. The van der Waals surface area contributed by atoms with E-state index in [0.29, 0.717) is 6.42 Å². The fraction of sp³-hybridized carbons (Fsp3) is 0.471. The SMILES string of the molecule is N[C@@](CCCCNC(=O)OCc1ccccc1)(C(=O)O)C(=O)OCC(Cl)(Cl)Cl. The number of aliphatic carboxylic acids is 1. The van der Waals surface area contributed by atoms with Crippen LogP contribution in [0.5, 0.6) is 0 Å². The highest BCUT2D eigenvalue weighted by Gasteiger charge is 2.44. The van der Waals surface area contributed by atoms with Gasteiger partial charge in [-0.3, -0.25) is 0 Å². The van der Waals surface area contributed by atoms with E-state index < -0.39 is 34.0 Å². The van der Waals surface area contributed by atoms with Crippen LogP contribution in [0.4, 0.5) is 4.79 Å². The van der Waals surface area contributed by atoms with Crippen molar-refractivity contribution in [3.05, 3.63) is 35.9 Å². The number of halogens is 3. The number of hydrogen-bond donors (Lipinski definition) is 3. The molecular formula is C17H21Cl3N2O6. The third kappa shape index (κ3) is 8.97. The molecule has 11 heteroatoms. The van der Waals surface area contributed by atoms with E-state index in [1.165, 1.54) is 0 Å². The molecule has 1 aromatic carbocycles. The molecule has 8 nitrogen and oxygen atoms in total. The summed E-state index contributed by atoms with van der Waals surface area (Å²) in [5.41, 5.74) is 4.23. The van der Waals surface area contributed by atoms with Crippen LogP contribution in [0.1, 0.15) is 24.8 Å². The van der Waals surface area contributed by atoms with Crippen LogP contribution in [0, 0.1) is 0 Å². The van der Waals surface area contributed by atoms with Crippen molar-refractivity contribution in [2.75, 3.05) is 13.2 Å². The zero-order valence-electron chi connectivity index (χ0n) is 14.8. The van der Waals surface area contributed by atoms with Crippen molar-refractivity contribution < 1.29 is 29.0 Å². The standard InChI is InChI=1S/C17H21Cl3N2O6/c18-17(19,20)11-28-14(25)16(21,13(23)24)8-4-5-9-22-15(26)27-10-12-6-2-1-3-7-12/h1-3,6-7H,4-5,8-11,21H2,(H,22,26)(H,23,24)/t16-/m0/s1. The quantitative estimate of drug-likeness (QED) is 0.214. The molecule has 0 spiro atoms. The normalized spacial score (nSPS) is 13.3. The molecule has 0 aliphatic heterocycles. The number of benzene rings is 1. The molecular weight excluding hydrogens is 435 g/mol. The molecule has 0 aromatic heterocycles. The number of nitrogens with one attached hydrogen (secondary N) is 1. The van der Waals surface area contributed by atoms with E-state index in [1.54, 1.807) is 0 Å². The second-order valence-corrected chi connectivity index (χ2v) is 8.43. The van der Waals surface area contributed by atoms with Gasteiger partial charge in [0, 0.05) is 6.54 Å². The van der Waals surface area contributed by atoms with Gasteiger partial charge in [-0.15, -0.1) is 0 Å². The minimum Gasteiger partial charge on any atom is -0.479 e. The van der Waals surface area contributed by atoms with Gasteiger partial charge in [-0.05, 0) is 24.8 Å². The fourth-order valence-electron chi connectivity index (χ4n) is 2.07. The number of carbonyl (C=O) groups is 3. The van der Waals surface area contributed by atoms with Gasteiger partial charge in [0.15, 0.2) is 0 Å². The van der Waals surface area contributed by atoms with Crippen LogP contribution in [0.25, 0.3) is 0 Å². The van der Waals surface area contributed by atoms with Gasteiger partial charge >= 0.3 is 18.0 Å². The van der Waals surface area contributed by atoms with Crippen LogP contribution < -0.4 is 11.1 Å². The lowest BCUT2D eigenvalue weighted by Crippen LogP contribution is -2.56. The van der Waals surface area contributed by atoms with Crippen LogP contribution >= 0.6 is 34.8 Å². The van der Waals surface area contributed by atoms with Gasteiger partial charge in [-0.25, -0.2) is 14.4 Å². The largest absolute Gasteiger partial charge is 0.479 e. The van der Waals surface area contributed by atoms with E-state index in [1.807, 2.05) is 30.3 Å². The number of alkyl halides is 3. The highest BCUT2D eigenvalue weighted by molar-refractivity contribution is 6.67. The minimum atomic E-state index is -2.27. The minimum absolute atomic E-state index is 0.132. The summed E-state index contributed by atoms with van der Waals surface area (Å²) in [5, 5.41) is 11.8. The van der Waals surface area contributed by atoms with E-state index in [0.717, 1.165) is 5.56 Å². The first-order chi connectivity index (χ1) is 13.0. The molecule has 1 aromatic rings. The average molecular weight is 456 g/mol. The number of ether oxygens (including phenoxy) is 2. The molecule has 0 aliphatic rings. The van der Waals surface area contributed by atoms with E-state index in [4.69, 9.17) is 45.3 Å². The number of esters is 1. The Balaban J connectivity index is 2.33. The second kappa shape index (κ2) is 11.3. The predicted molar refractivity (Wildman–Crippen MR) is 104 cm³/mol. The van der Waals surface area contributed by atoms with Crippen molar-refractivity contribution >= 4 is 52.8 Å². The number of rotatable bonds is 10. The Morgan fingerprint density at radius 2 is 1.71 bits per heavy atom. The lowest BCUT2D eigenvalue weighted by atomic mass is 9.94. The summed E-state index contributed by atoms with van der Waals surface area (Å²) in [6, 6.07) is 9.15. The molecule has 0 radical (unpaired) electrons. The van der Waals surface area contributed by atoms with Crippen molar-refractivity contribution in [2.24, 2.45) is 5.73 Å². The second-order valence-electron chi connectivity index (χ2n) is 5.91. The van der Waals surface area contributed by atoms with Crippen molar-refractivity contribution in [3.63, 3.8) is 0 Å². The summed E-state index contributed by atoms with van der Waals surface area (Å²) < 4.78 is 7.83. The van der Waals surface area contributed by atoms with Crippen molar-refractivity contribution in [3.8, 4) is 0 Å². The van der Waals surface area contributed by atoms with Crippen molar-refractivity contribution in [1.29, 1.82) is 0 Å². The molecule has 0 aliphatic carbocycles. The summed E-state index contributed by atoms with van der Waals surface area (Å²) >= 11 is 16.4. The van der Waals surface area contributed by atoms with E-state index in [9.17, 15) is 19.5 Å². The number of hydrogen-bond acceptors (Lipinski definition) is 6. The van der Waals surface area contributed by atoms with Gasteiger partial charge in [0.05, 0.1) is 0 Å². The van der Waals surface area contributed by atoms with Gasteiger partial charge in [-0.1, -0.05) is 65.1 Å². The zero-order valence-corrected chi connectivity index (χ0v) is 17.1. The molecule has 0 fully saturated rings. The molecule has 1 atom stereocenters.